The summed E-state index contributed by atoms with van der Waals surface area (Å²) in [6.07, 6.45) is -0.278. The van der Waals surface area contributed by atoms with Crippen molar-refractivity contribution in [3.05, 3.63) is 29.8 Å². The molecule has 1 unspecified atom stereocenters. The molecule has 98 valence electrons. The smallest absolute Gasteiger partial charge is 0.545 e. The van der Waals surface area contributed by atoms with Gasteiger partial charge in [-0.15, -0.1) is 0 Å². The second-order valence-electron chi connectivity index (χ2n) is 4.00. The van der Waals surface area contributed by atoms with Crippen LogP contribution in [-0.4, -0.2) is 18.0 Å². The zero-order valence-electron chi connectivity index (χ0n) is 11.1. The van der Waals surface area contributed by atoms with Gasteiger partial charge in [0.2, 0.25) is 5.91 Å². The van der Waals surface area contributed by atoms with Crippen molar-refractivity contribution in [2.24, 2.45) is 0 Å². The third-order valence-corrected chi connectivity index (χ3v) is 2.41. The number of carbonyl (C=O) groups is 2. The van der Waals surface area contributed by atoms with Gasteiger partial charge in [0.15, 0.2) is 0 Å². The monoisotopic (exact) mass is 275 g/mol. The molecule has 0 aliphatic heterocycles. The summed E-state index contributed by atoms with van der Waals surface area (Å²) in [6, 6.07) is 5.53. The summed E-state index contributed by atoms with van der Waals surface area (Å²) in [5.74, 6) is -1.70. The van der Waals surface area contributed by atoms with Crippen LogP contribution in [0.3, 0.4) is 0 Å². The number of hydrogen-bond acceptors (Lipinski definition) is 3. The summed E-state index contributed by atoms with van der Waals surface area (Å²) in [6.45, 7) is 1.85. The Hall–Kier alpha value is -0.910. The fourth-order valence-corrected chi connectivity index (χ4v) is 1.52. The number of carbonyl (C=O) groups excluding carboxylic acids is 2. The number of alkyl halides is 1. The molecule has 0 bridgehead atoms. The molecule has 1 amide bonds. The van der Waals surface area contributed by atoms with Crippen molar-refractivity contribution < 1.29 is 48.6 Å². The normalized spacial score (nSPS) is 11.3. The van der Waals surface area contributed by atoms with Gasteiger partial charge < -0.3 is 15.2 Å². The molecule has 1 rings (SSSR count). The molecule has 6 heteroatoms. The minimum absolute atomic E-state index is 0. The maximum absolute atomic E-state index is 13.2. The minimum atomic E-state index is -1.28. The molecule has 0 saturated heterocycles. The number of amides is 1. The molecule has 0 heterocycles. The van der Waals surface area contributed by atoms with Gasteiger partial charge in [-0.05, 0) is 24.1 Å². The Balaban J connectivity index is 0.00000324. The third kappa shape index (κ3) is 6.71. The van der Waals surface area contributed by atoms with E-state index in [1.807, 2.05) is 6.92 Å². The van der Waals surface area contributed by atoms with Crippen molar-refractivity contribution in [1.82, 2.24) is 0 Å². The van der Waals surface area contributed by atoms with E-state index in [2.05, 4.69) is 5.32 Å². The molecule has 1 N–H and O–H groups in total. The Labute approximate surface area is 133 Å². The molecule has 0 saturated carbocycles. The van der Waals surface area contributed by atoms with Crippen molar-refractivity contribution >= 4 is 17.6 Å². The zero-order chi connectivity index (χ0) is 13.5. The maximum Gasteiger partial charge on any atom is 1.00 e. The summed E-state index contributed by atoms with van der Waals surface area (Å²) in [4.78, 5) is 21.9. The summed E-state index contributed by atoms with van der Waals surface area (Å²) in [5, 5.41) is 13.0. The first kappa shape index (κ1) is 18.1. The Bertz CT molecular complexity index is 422. The summed E-state index contributed by atoms with van der Waals surface area (Å²) in [7, 11) is 0. The van der Waals surface area contributed by atoms with Crippen LogP contribution < -0.4 is 40.0 Å². The molecule has 1 aromatic carbocycles. The SMILES string of the molecule is CCCC(F)CC(=O)Nc1ccc(C(=O)[O-])cc1.[Na+]. The number of carboxylic acid groups (broad SMARTS) is 1. The molecule has 0 aliphatic carbocycles. The first-order chi connectivity index (χ1) is 8.52. The molecular weight excluding hydrogens is 260 g/mol. The van der Waals surface area contributed by atoms with Crippen molar-refractivity contribution in [1.29, 1.82) is 0 Å². The van der Waals surface area contributed by atoms with Crippen molar-refractivity contribution in [2.75, 3.05) is 5.32 Å². The number of nitrogens with one attached hydrogen (secondary N) is 1. The largest absolute Gasteiger partial charge is 1.00 e. The fraction of sp³-hybridized carbons (Fsp3) is 0.385. The van der Waals surface area contributed by atoms with E-state index < -0.39 is 18.0 Å². The van der Waals surface area contributed by atoms with Gasteiger partial charge in [0, 0.05) is 5.69 Å². The molecule has 19 heavy (non-hydrogen) atoms. The third-order valence-electron chi connectivity index (χ3n) is 2.41. The topological polar surface area (TPSA) is 69.2 Å². The number of rotatable bonds is 6. The van der Waals surface area contributed by atoms with Crippen molar-refractivity contribution in [3.8, 4) is 0 Å². The van der Waals surface area contributed by atoms with Crippen molar-refractivity contribution in [3.63, 3.8) is 0 Å². The van der Waals surface area contributed by atoms with Crippen molar-refractivity contribution in [2.45, 2.75) is 32.4 Å². The number of halogens is 1. The summed E-state index contributed by atoms with van der Waals surface area (Å²) in [5.41, 5.74) is 0.469. The Morgan fingerprint density at radius 2 is 1.89 bits per heavy atom. The molecule has 1 atom stereocenters. The van der Waals surface area contributed by atoms with Gasteiger partial charge in [0.05, 0.1) is 12.4 Å². The first-order valence-electron chi connectivity index (χ1n) is 5.78. The van der Waals surface area contributed by atoms with E-state index in [-0.39, 0.29) is 41.5 Å². The van der Waals surface area contributed by atoms with Gasteiger partial charge >= 0.3 is 29.6 Å². The molecule has 0 aliphatic rings. The van der Waals surface area contributed by atoms with Crippen LogP contribution in [0.15, 0.2) is 24.3 Å². The number of anilines is 1. The van der Waals surface area contributed by atoms with E-state index in [9.17, 15) is 19.1 Å². The van der Waals surface area contributed by atoms with Gasteiger partial charge in [0.1, 0.15) is 6.17 Å². The molecular formula is C13H15FNNaO3. The molecule has 0 radical (unpaired) electrons. The van der Waals surface area contributed by atoms with Gasteiger partial charge in [0.25, 0.3) is 0 Å². The zero-order valence-corrected chi connectivity index (χ0v) is 13.1. The van der Waals surface area contributed by atoms with E-state index in [0.717, 1.165) is 0 Å². The van der Waals surface area contributed by atoms with Crippen LogP contribution in [-0.2, 0) is 4.79 Å². The minimum Gasteiger partial charge on any atom is -0.545 e. The van der Waals surface area contributed by atoms with E-state index in [0.29, 0.717) is 18.5 Å². The van der Waals surface area contributed by atoms with Gasteiger partial charge in [-0.25, -0.2) is 4.39 Å². The van der Waals surface area contributed by atoms with Gasteiger partial charge in [-0.2, -0.15) is 0 Å². The van der Waals surface area contributed by atoms with Crippen LogP contribution >= 0.6 is 0 Å². The average molecular weight is 275 g/mol. The maximum atomic E-state index is 13.2. The molecule has 0 spiro atoms. The molecule has 4 nitrogen and oxygen atoms in total. The van der Waals surface area contributed by atoms with Gasteiger partial charge in [-0.3, -0.25) is 4.79 Å². The van der Waals surface area contributed by atoms with Crippen LogP contribution in [0, 0.1) is 0 Å². The number of benzene rings is 1. The van der Waals surface area contributed by atoms with Crippen LogP contribution in [0.5, 0.6) is 0 Å². The molecule has 0 aromatic heterocycles. The Morgan fingerprint density at radius 3 is 2.37 bits per heavy atom. The molecule has 1 aromatic rings. The number of aromatic carboxylic acids is 1. The second kappa shape index (κ2) is 9.07. The second-order valence-corrected chi connectivity index (χ2v) is 4.00. The molecule has 0 fully saturated rings. The van der Waals surface area contributed by atoms with E-state index in [4.69, 9.17) is 0 Å². The average Bonchev–Trinajstić information content (AvgIpc) is 2.29. The summed E-state index contributed by atoms with van der Waals surface area (Å²) < 4.78 is 13.2. The first-order valence-corrected chi connectivity index (χ1v) is 5.78. The quantitative estimate of drug-likeness (QED) is 0.644. The van der Waals surface area contributed by atoms with Crippen LogP contribution in [0.2, 0.25) is 0 Å². The Kier molecular flexibility index (Phi) is 8.63. The van der Waals surface area contributed by atoms with E-state index >= 15 is 0 Å². The van der Waals surface area contributed by atoms with E-state index in [1.54, 1.807) is 0 Å². The van der Waals surface area contributed by atoms with Crippen LogP contribution in [0.1, 0.15) is 36.5 Å². The predicted molar refractivity (Wildman–Crippen MR) is 63.8 cm³/mol. The van der Waals surface area contributed by atoms with Crippen LogP contribution in [0.4, 0.5) is 10.1 Å². The Morgan fingerprint density at radius 1 is 1.32 bits per heavy atom. The number of carboxylic acids is 1. The summed E-state index contributed by atoms with van der Waals surface area (Å²) >= 11 is 0. The standard InChI is InChI=1S/C13H16FNO3.Na/c1-2-3-10(14)8-12(16)15-11-6-4-9(5-7-11)13(17)18;/h4-7,10H,2-3,8H2,1H3,(H,15,16)(H,17,18);/q;+1/p-1. The fourth-order valence-electron chi connectivity index (χ4n) is 1.52. The van der Waals surface area contributed by atoms with E-state index in [1.165, 1.54) is 24.3 Å². The van der Waals surface area contributed by atoms with Gasteiger partial charge in [-0.1, -0.05) is 25.5 Å². The van der Waals surface area contributed by atoms with Crippen LogP contribution in [0.25, 0.3) is 0 Å². The predicted octanol–water partition coefficient (Wildman–Crippen LogP) is -1.48. The number of hydrogen-bond donors (Lipinski definition) is 1.